The molecule has 1 saturated carbocycles. The number of β-amino-alcohol motifs (C(OH)–C–C–N with tert-alkyl or cyclic N) is 1. The van der Waals surface area contributed by atoms with Crippen LogP contribution >= 0.6 is 0 Å². The lowest BCUT2D eigenvalue weighted by molar-refractivity contribution is -0.123. The van der Waals surface area contributed by atoms with E-state index in [4.69, 9.17) is 0 Å². The highest BCUT2D eigenvalue weighted by Gasteiger charge is 2.31. The van der Waals surface area contributed by atoms with Crippen LogP contribution in [0.4, 0.5) is 0 Å². The van der Waals surface area contributed by atoms with E-state index in [2.05, 4.69) is 4.90 Å². The van der Waals surface area contributed by atoms with Crippen molar-refractivity contribution in [1.29, 1.82) is 0 Å². The van der Waals surface area contributed by atoms with Crippen LogP contribution in [0.15, 0.2) is 0 Å². The van der Waals surface area contributed by atoms with Crippen molar-refractivity contribution in [2.45, 2.75) is 50.7 Å². The number of aliphatic hydroxyl groups is 1. The fourth-order valence-electron chi connectivity index (χ4n) is 2.58. The number of likely N-dealkylation sites (tertiary alicyclic amines) is 1. The number of hydrogen-bond donors (Lipinski definition) is 1. The van der Waals surface area contributed by atoms with Crippen LogP contribution in [0.25, 0.3) is 0 Å². The Kier molecular flexibility index (Phi) is 3.19. The van der Waals surface area contributed by atoms with Crippen LogP contribution < -0.4 is 0 Å². The lowest BCUT2D eigenvalue weighted by Gasteiger charge is -2.24. The van der Waals surface area contributed by atoms with Gasteiger partial charge in [-0.3, -0.25) is 9.69 Å². The van der Waals surface area contributed by atoms with Crippen molar-refractivity contribution in [1.82, 2.24) is 4.90 Å². The molecular weight excluding hydrogens is 178 g/mol. The summed E-state index contributed by atoms with van der Waals surface area (Å²) in [6.45, 7) is 1.61. The number of carbonyl (C=O) groups excluding carboxylic acids is 1. The summed E-state index contributed by atoms with van der Waals surface area (Å²) in [4.78, 5) is 14.0. The van der Waals surface area contributed by atoms with E-state index in [1.165, 1.54) is 12.8 Å². The number of Topliss-reactive ketones (excluding diaryl/α,β-unsaturated/α-hetero) is 1. The highest BCUT2D eigenvalue weighted by atomic mass is 16.3. The van der Waals surface area contributed by atoms with E-state index in [1.54, 1.807) is 0 Å². The second-order valence-electron chi connectivity index (χ2n) is 4.52. The third-order valence-electron chi connectivity index (χ3n) is 3.41. The van der Waals surface area contributed by atoms with Crippen LogP contribution in [-0.4, -0.2) is 41.0 Å². The molecule has 0 bridgehead atoms. The fraction of sp³-hybridized carbons (Fsp3) is 0.909. The van der Waals surface area contributed by atoms with Crippen molar-refractivity contribution in [2.75, 3.05) is 13.1 Å². The van der Waals surface area contributed by atoms with Gasteiger partial charge in [-0.15, -0.1) is 0 Å². The molecule has 2 unspecified atom stereocenters. The summed E-state index contributed by atoms with van der Waals surface area (Å²) in [7, 11) is 0. The second-order valence-corrected chi connectivity index (χ2v) is 4.52. The summed E-state index contributed by atoms with van der Waals surface area (Å²) in [5.74, 6) is 0.400. The lowest BCUT2D eigenvalue weighted by Crippen LogP contribution is -2.39. The summed E-state index contributed by atoms with van der Waals surface area (Å²) in [6.07, 6.45) is 5.81. The summed E-state index contributed by atoms with van der Waals surface area (Å²) < 4.78 is 0. The van der Waals surface area contributed by atoms with Crippen LogP contribution in [0.1, 0.15) is 38.5 Å². The molecule has 80 valence electrons. The minimum Gasteiger partial charge on any atom is -0.392 e. The molecule has 1 saturated heterocycles. The van der Waals surface area contributed by atoms with Gasteiger partial charge in [0.2, 0.25) is 0 Å². The van der Waals surface area contributed by atoms with Gasteiger partial charge in [0.1, 0.15) is 5.78 Å². The van der Waals surface area contributed by atoms with Gasteiger partial charge in [-0.05, 0) is 19.3 Å². The maximum absolute atomic E-state index is 11.8. The Balaban J connectivity index is 1.97. The summed E-state index contributed by atoms with van der Waals surface area (Å²) in [5, 5.41) is 9.43. The Hall–Kier alpha value is -0.410. The monoisotopic (exact) mass is 197 g/mol. The highest BCUT2D eigenvalue weighted by Crippen LogP contribution is 2.22. The van der Waals surface area contributed by atoms with Gasteiger partial charge in [0, 0.05) is 19.5 Å². The van der Waals surface area contributed by atoms with Crippen LogP contribution in [0.2, 0.25) is 0 Å². The van der Waals surface area contributed by atoms with Gasteiger partial charge < -0.3 is 5.11 Å². The molecule has 0 aromatic carbocycles. The Bertz CT molecular complexity index is 217. The van der Waals surface area contributed by atoms with Gasteiger partial charge >= 0.3 is 0 Å². The first-order valence-electron chi connectivity index (χ1n) is 5.72. The maximum atomic E-state index is 11.8. The zero-order chi connectivity index (χ0) is 9.97. The molecule has 0 amide bonds. The molecule has 2 rings (SSSR count). The summed E-state index contributed by atoms with van der Waals surface area (Å²) in [6, 6.07) is 0.120. The van der Waals surface area contributed by atoms with Crippen molar-refractivity contribution < 1.29 is 9.90 Å². The molecule has 3 heteroatoms. The van der Waals surface area contributed by atoms with E-state index in [0.717, 1.165) is 32.2 Å². The quantitative estimate of drug-likeness (QED) is 0.636. The van der Waals surface area contributed by atoms with Gasteiger partial charge in [0.15, 0.2) is 0 Å². The van der Waals surface area contributed by atoms with E-state index in [9.17, 15) is 9.90 Å². The number of nitrogens with zero attached hydrogens (tertiary/aromatic N) is 1. The molecule has 1 aliphatic carbocycles. The summed E-state index contributed by atoms with van der Waals surface area (Å²) in [5.41, 5.74) is 0. The molecule has 3 nitrogen and oxygen atoms in total. The Morgan fingerprint density at radius 1 is 1.21 bits per heavy atom. The number of rotatable bonds is 1. The molecule has 0 aromatic rings. The topological polar surface area (TPSA) is 40.5 Å². The van der Waals surface area contributed by atoms with Crippen LogP contribution in [0, 0.1) is 0 Å². The first-order valence-corrected chi connectivity index (χ1v) is 5.72. The van der Waals surface area contributed by atoms with Gasteiger partial charge in [0.25, 0.3) is 0 Å². The first-order chi connectivity index (χ1) is 6.77. The number of hydrogen-bond acceptors (Lipinski definition) is 3. The van der Waals surface area contributed by atoms with E-state index in [1.807, 2.05) is 0 Å². The molecule has 0 spiro atoms. The van der Waals surface area contributed by atoms with Crippen LogP contribution in [0.3, 0.4) is 0 Å². The minimum atomic E-state index is -0.203. The molecule has 2 fully saturated rings. The predicted molar refractivity (Wildman–Crippen MR) is 54.1 cm³/mol. The molecule has 0 aromatic heterocycles. The third-order valence-corrected chi connectivity index (χ3v) is 3.41. The second kappa shape index (κ2) is 4.41. The maximum Gasteiger partial charge on any atom is 0.149 e. The van der Waals surface area contributed by atoms with E-state index in [-0.39, 0.29) is 12.1 Å². The molecule has 1 aliphatic heterocycles. The third kappa shape index (κ3) is 2.15. The van der Waals surface area contributed by atoms with E-state index >= 15 is 0 Å². The van der Waals surface area contributed by atoms with Gasteiger partial charge in [-0.2, -0.15) is 0 Å². The molecular formula is C11H19NO2. The van der Waals surface area contributed by atoms with Crippen molar-refractivity contribution in [2.24, 2.45) is 0 Å². The normalized spacial score (nSPS) is 35.9. The zero-order valence-electron chi connectivity index (χ0n) is 8.61. The Morgan fingerprint density at radius 3 is 2.79 bits per heavy atom. The van der Waals surface area contributed by atoms with Crippen molar-refractivity contribution in [3.05, 3.63) is 0 Å². The molecule has 1 heterocycles. The van der Waals surface area contributed by atoms with Crippen molar-refractivity contribution >= 4 is 5.78 Å². The summed E-state index contributed by atoms with van der Waals surface area (Å²) >= 11 is 0. The predicted octanol–water partition coefficient (Wildman–Crippen LogP) is 0.955. The molecule has 0 radical (unpaired) electrons. The number of carbonyl (C=O) groups is 1. The van der Waals surface area contributed by atoms with E-state index < -0.39 is 0 Å². The molecule has 2 atom stereocenters. The fourth-order valence-corrected chi connectivity index (χ4v) is 2.58. The minimum absolute atomic E-state index is 0.120. The molecule has 14 heavy (non-hydrogen) atoms. The van der Waals surface area contributed by atoms with Gasteiger partial charge in [-0.25, -0.2) is 0 Å². The van der Waals surface area contributed by atoms with Crippen LogP contribution in [-0.2, 0) is 4.79 Å². The lowest BCUT2D eigenvalue weighted by atomic mass is 10.1. The van der Waals surface area contributed by atoms with Crippen molar-refractivity contribution in [3.8, 4) is 0 Å². The zero-order valence-corrected chi connectivity index (χ0v) is 8.61. The first kappa shape index (κ1) is 10.1. The van der Waals surface area contributed by atoms with Gasteiger partial charge in [0.05, 0.1) is 12.1 Å². The van der Waals surface area contributed by atoms with E-state index in [0.29, 0.717) is 12.3 Å². The SMILES string of the molecule is O=C1CCCCCC1N1CCC(O)C1. The van der Waals surface area contributed by atoms with Crippen LogP contribution in [0.5, 0.6) is 0 Å². The number of aliphatic hydroxyl groups excluding tert-OH is 1. The highest BCUT2D eigenvalue weighted by molar-refractivity contribution is 5.84. The average molecular weight is 197 g/mol. The number of ketones is 1. The smallest absolute Gasteiger partial charge is 0.149 e. The molecule has 1 N–H and O–H groups in total. The van der Waals surface area contributed by atoms with Gasteiger partial charge in [-0.1, -0.05) is 12.8 Å². The Labute approximate surface area is 85.1 Å². The standard InChI is InChI=1S/C11H19NO2/c13-9-6-7-12(8-9)10-4-2-1-3-5-11(10)14/h9-10,13H,1-8H2. The Morgan fingerprint density at radius 2 is 2.07 bits per heavy atom. The largest absolute Gasteiger partial charge is 0.392 e. The average Bonchev–Trinajstić information content (AvgIpc) is 2.46. The molecule has 2 aliphatic rings. The van der Waals surface area contributed by atoms with Crippen molar-refractivity contribution in [3.63, 3.8) is 0 Å².